The first-order valence-corrected chi connectivity index (χ1v) is 8.40. The third-order valence-electron chi connectivity index (χ3n) is 5.15. The van der Waals surface area contributed by atoms with Gasteiger partial charge in [0.2, 0.25) is 0 Å². The predicted molar refractivity (Wildman–Crippen MR) is 84.2 cm³/mol. The Kier molecular flexibility index (Phi) is 6.27. The van der Waals surface area contributed by atoms with E-state index in [-0.39, 0.29) is 0 Å². The minimum absolute atomic E-state index is 0.340. The molecule has 2 saturated heterocycles. The van der Waals surface area contributed by atoms with Crippen LogP contribution in [0, 0.1) is 5.41 Å². The Hall–Kier alpha value is -0.160. The van der Waals surface area contributed by atoms with Crippen LogP contribution in [0.1, 0.15) is 33.1 Å². The molecule has 0 aromatic carbocycles. The molecule has 0 spiro atoms. The smallest absolute Gasteiger partial charge is 0.0547 e. The van der Waals surface area contributed by atoms with Crippen LogP contribution in [-0.2, 0) is 4.74 Å². The van der Waals surface area contributed by atoms with Crippen molar-refractivity contribution in [2.24, 2.45) is 5.41 Å². The molecule has 0 aromatic heterocycles. The Bertz CT molecular complexity index is 271. The number of hydrogen-bond donors (Lipinski definition) is 1. The van der Waals surface area contributed by atoms with Crippen molar-refractivity contribution >= 4 is 0 Å². The van der Waals surface area contributed by atoms with Crippen LogP contribution < -0.4 is 5.32 Å². The second-order valence-corrected chi connectivity index (χ2v) is 6.66. The second-order valence-electron chi connectivity index (χ2n) is 6.66. The number of nitrogens with one attached hydrogen (secondary N) is 1. The maximum Gasteiger partial charge on any atom is 0.0547 e. The van der Waals surface area contributed by atoms with E-state index in [0.29, 0.717) is 5.41 Å². The van der Waals surface area contributed by atoms with Crippen molar-refractivity contribution in [1.29, 1.82) is 0 Å². The van der Waals surface area contributed by atoms with Crippen LogP contribution >= 0.6 is 0 Å². The lowest BCUT2D eigenvalue weighted by atomic mass is 9.85. The minimum Gasteiger partial charge on any atom is -0.381 e. The molecule has 1 N–H and O–H groups in total. The van der Waals surface area contributed by atoms with Gasteiger partial charge in [-0.1, -0.05) is 13.8 Å². The number of likely N-dealkylation sites (tertiary alicyclic amines) is 1. The summed E-state index contributed by atoms with van der Waals surface area (Å²) in [5.41, 5.74) is 0.340. The van der Waals surface area contributed by atoms with Crippen molar-refractivity contribution < 1.29 is 4.74 Å². The normalized spacial score (nSPS) is 29.4. The van der Waals surface area contributed by atoms with E-state index >= 15 is 0 Å². The van der Waals surface area contributed by atoms with Crippen molar-refractivity contribution in [2.75, 3.05) is 59.5 Å². The van der Waals surface area contributed by atoms with Crippen molar-refractivity contribution in [3.63, 3.8) is 0 Å². The summed E-state index contributed by atoms with van der Waals surface area (Å²) in [5.74, 6) is 0. The van der Waals surface area contributed by atoms with Gasteiger partial charge in [-0.3, -0.25) is 0 Å². The van der Waals surface area contributed by atoms with Crippen LogP contribution in [0.15, 0.2) is 0 Å². The van der Waals surface area contributed by atoms with Crippen molar-refractivity contribution in [3.8, 4) is 0 Å². The fraction of sp³-hybridized carbons (Fsp3) is 1.00. The molecule has 2 heterocycles. The van der Waals surface area contributed by atoms with Gasteiger partial charge < -0.3 is 19.9 Å². The zero-order valence-electron chi connectivity index (χ0n) is 13.7. The van der Waals surface area contributed by atoms with Gasteiger partial charge >= 0.3 is 0 Å². The highest BCUT2D eigenvalue weighted by atomic mass is 16.5. The molecule has 2 fully saturated rings. The molecule has 0 saturated carbocycles. The van der Waals surface area contributed by atoms with Gasteiger partial charge in [-0.2, -0.15) is 0 Å². The van der Waals surface area contributed by atoms with Crippen LogP contribution in [0.2, 0.25) is 0 Å². The van der Waals surface area contributed by atoms with Gasteiger partial charge in [0.25, 0.3) is 0 Å². The molecule has 1 atom stereocenters. The van der Waals surface area contributed by atoms with Gasteiger partial charge in [-0.15, -0.1) is 0 Å². The van der Waals surface area contributed by atoms with E-state index in [0.717, 1.165) is 32.3 Å². The predicted octanol–water partition coefficient (Wildman–Crippen LogP) is 1.42. The average molecular weight is 283 g/mol. The topological polar surface area (TPSA) is 27.7 Å². The van der Waals surface area contributed by atoms with Crippen LogP contribution in [0.3, 0.4) is 0 Å². The summed E-state index contributed by atoms with van der Waals surface area (Å²) in [4.78, 5) is 5.18. The van der Waals surface area contributed by atoms with Crippen molar-refractivity contribution in [1.82, 2.24) is 15.1 Å². The number of ether oxygens (including phenoxy) is 1. The molecule has 0 amide bonds. The summed E-state index contributed by atoms with van der Waals surface area (Å²) in [7, 11) is 2.32. The fourth-order valence-corrected chi connectivity index (χ4v) is 3.69. The Morgan fingerprint density at radius 3 is 2.60 bits per heavy atom. The standard InChI is InChI=1S/C16H33N3O/c1-4-17-12-16(8-11-20-14-16)13-18(3)15-6-9-19(5-2)10-7-15/h15,17H,4-14H2,1-3H3. The molecule has 2 rings (SSSR count). The first-order valence-electron chi connectivity index (χ1n) is 8.40. The minimum atomic E-state index is 0.340. The van der Waals surface area contributed by atoms with Crippen LogP contribution in [0.25, 0.3) is 0 Å². The molecular formula is C16H33N3O. The number of piperidine rings is 1. The van der Waals surface area contributed by atoms with Crippen LogP contribution in [0.5, 0.6) is 0 Å². The molecule has 1 unspecified atom stereocenters. The molecule has 0 aromatic rings. The summed E-state index contributed by atoms with van der Waals surface area (Å²) in [6.45, 7) is 13.4. The van der Waals surface area contributed by atoms with E-state index in [1.165, 1.54) is 45.4 Å². The Balaban J connectivity index is 1.83. The number of nitrogens with zero attached hydrogens (tertiary/aromatic N) is 2. The molecule has 4 heteroatoms. The number of hydrogen-bond acceptors (Lipinski definition) is 4. The van der Waals surface area contributed by atoms with Crippen LogP contribution in [-0.4, -0.2) is 75.4 Å². The highest BCUT2D eigenvalue weighted by Crippen LogP contribution is 2.30. The highest BCUT2D eigenvalue weighted by Gasteiger charge is 2.37. The lowest BCUT2D eigenvalue weighted by Crippen LogP contribution is -2.49. The molecule has 0 aliphatic carbocycles. The first-order chi connectivity index (χ1) is 9.69. The van der Waals surface area contributed by atoms with Gasteiger partial charge in [-0.25, -0.2) is 0 Å². The van der Waals surface area contributed by atoms with E-state index in [1.54, 1.807) is 0 Å². The molecule has 20 heavy (non-hydrogen) atoms. The molecule has 0 bridgehead atoms. The maximum atomic E-state index is 5.71. The quantitative estimate of drug-likeness (QED) is 0.765. The highest BCUT2D eigenvalue weighted by molar-refractivity contribution is 4.90. The SMILES string of the molecule is CCNCC1(CN(C)C2CCN(CC)CC2)CCOC1. The number of rotatable bonds is 7. The van der Waals surface area contributed by atoms with E-state index in [9.17, 15) is 0 Å². The average Bonchev–Trinajstić information content (AvgIpc) is 2.94. The zero-order valence-corrected chi connectivity index (χ0v) is 13.7. The van der Waals surface area contributed by atoms with Crippen molar-refractivity contribution in [2.45, 2.75) is 39.2 Å². The van der Waals surface area contributed by atoms with Crippen LogP contribution in [0.4, 0.5) is 0 Å². The summed E-state index contributed by atoms with van der Waals surface area (Å²) in [5, 5.41) is 3.54. The molecule has 2 aliphatic rings. The lowest BCUT2D eigenvalue weighted by molar-refractivity contribution is 0.0737. The lowest BCUT2D eigenvalue weighted by Gasteiger charge is -2.40. The maximum absolute atomic E-state index is 5.71. The largest absolute Gasteiger partial charge is 0.381 e. The molecule has 0 radical (unpaired) electrons. The second kappa shape index (κ2) is 7.74. The fourth-order valence-electron chi connectivity index (χ4n) is 3.69. The molecular weight excluding hydrogens is 250 g/mol. The van der Waals surface area contributed by atoms with E-state index < -0.39 is 0 Å². The molecule has 2 aliphatic heterocycles. The summed E-state index contributed by atoms with van der Waals surface area (Å²) < 4.78 is 5.71. The van der Waals surface area contributed by atoms with Gasteiger partial charge in [-0.05, 0) is 52.5 Å². The van der Waals surface area contributed by atoms with E-state index in [2.05, 4.69) is 36.0 Å². The van der Waals surface area contributed by atoms with Gasteiger partial charge in [0.15, 0.2) is 0 Å². The van der Waals surface area contributed by atoms with Gasteiger partial charge in [0, 0.05) is 31.2 Å². The monoisotopic (exact) mass is 283 g/mol. The first kappa shape index (κ1) is 16.2. The third-order valence-corrected chi connectivity index (χ3v) is 5.15. The Labute approximate surface area is 124 Å². The molecule has 4 nitrogen and oxygen atoms in total. The van der Waals surface area contributed by atoms with E-state index in [4.69, 9.17) is 4.74 Å². The summed E-state index contributed by atoms with van der Waals surface area (Å²) in [6.07, 6.45) is 3.85. The van der Waals surface area contributed by atoms with Gasteiger partial charge in [0.05, 0.1) is 6.61 Å². The summed E-state index contributed by atoms with van der Waals surface area (Å²) >= 11 is 0. The Morgan fingerprint density at radius 1 is 1.30 bits per heavy atom. The van der Waals surface area contributed by atoms with E-state index in [1.807, 2.05) is 0 Å². The Morgan fingerprint density at radius 2 is 2.05 bits per heavy atom. The van der Waals surface area contributed by atoms with Crippen molar-refractivity contribution in [3.05, 3.63) is 0 Å². The van der Waals surface area contributed by atoms with Gasteiger partial charge in [0.1, 0.15) is 0 Å². The zero-order chi connectivity index (χ0) is 14.4. The molecule has 118 valence electrons. The third kappa shape index (κ3) is 4.17. The summed E-state index contributed by atoms with van der Waals surface area (Å²) in [6, 6.07) is 0.761.